The van der Waals surface area contributed by atoms with Crippen LogP contribution in [0, 0.1) is 5.92 Å². The lowest BCUT2D eigenvalue weighted by atomic mass is 10.0. The first-order chi connectivity index (χ1) is 11.3. The lowest BCUT2D eigenvalue weighted by molar-refractivity contribution is -0.115. The maximum Gasteiger partial charge on any atom is 0.253 e. The number of carbonyl (C=O) groups is 2. The van der Waals surface area contributed by atoms with Gasteiger partial charge in [-0.1, -0.05) is 18.5 Å². The van der Waals surface area contributed by atoms with Crippen LogP contribution in [0.25, 0.3) is 0 Å². The minimum Gasteiger partial charge on any atom is -0.347 e. The Bertz CT molecular complexity index is 612. The predicted molar refractivity (Wildman–Crippen MR) is 97.5 cm³/mol. The number of amides is 2. The fourth-order valence-corrected chi connectivity index (χ4v) is 2.42. The van der Waals surface area contributed by atoms with Crippen LogP contribution < -0.4 is 16.0 Å². The number of hydrogen-bond donors (Lipinski definition) is 3. The van der Waals surface area contributed by atoms with Crippen molar-refractivity contribution < 1.29 is 9.59 Å². The van der Waals surface area contributed by atoms with E-state index in [4.69, 9.17) is 11.6 Å². The summed E-state index contributed by atoms with van der Waals surface area (Å²) in [7, 11) is 0. The van der Waals surface area contributed by atoms with Crippen LogP contribution in [0.2, 0.25) is 5.02 Å². The van der Waals surface area contributed by atoms with Crippen LogP contribution >= 0.6 is 11.6 Å². The molecule has 2 rings (SSSR count). The van der Waals surface area contributed by atoms with Gasteiger partial charge >= 0.3 is 0 Å². The van der Waals surface area contributed by atoms with E-state index in [-0.39, 0.29) is 23.9 Å². The molecule has 24 heavy (non-hydrogen) atoms. The Balaban J connectivity index is 1.90. The molecule has 132 valence electrons. The van der Waals surface area contributed by atoms with E-state index in [1.807, 2.05) is 20.8 Å². The monoisotopic (exact) mass is 351 g/mol. The summed E-state index contributed by atoms with van der Waals surface area (Å²) in [5, 5.41) is 9.19. The number of halogens is 1. The molecule has 3 N–H and O–H groups in total. The van der Waals surface area contributed by atoms with Crippen LogP contribution in [0.3, 0.4) is 0 Å². The molecule has 2 amide bonds. The quantitative estimate of drug-likeness (QED) is 0.673. The van der Waals surface area contributed by atoms with Gasteiger partial charge in [-0.2, -0.15) is 0 Å². The number of rotatable bonds is 8. The molecule has 1 saturated carbocycles. The third-order valence-electron chi connectivity index (χ3n) is 4.25. The highest BCUT2D eigenvalue weighted by atomic mass is 35.5. The van der Waals surface area contributed by atoms with Gasteiger partial charge < -0.3 is 16.0 Å². The van der Waals surface area contributed by atoms with Crippen molar-refractivity contribution in [3.63, 3.8) is 0 Å². The SMILES string of the molecule is CCC(C)(C)NC(=O)c1ccc(NC(=O)CNCC2CC2)cc1Cl. The fraction of sp³-hybridized carbons (Fsp3) is 0.556. The Hall–Kier alpha value is -1.59. The largest absolute Gasteiger partial charge is 0.347 e. The summed E-state index contributed by atoms with van der Waals surface area (Å²) in [4.78, 5) is 24.2. The summed E-state index contributed by atoms with van der Waals surface area (Å²) < 4.78 is 0. The minimum absolute atomic E-state index is 0.115. The smallest absolute Gasteiger partial charge is 0.253 e. The van der Waals surface area contributed by atoms with E-state index in [9.17, 15) is 9.59 Å². The maximum absolute atomic E-state index is 12.3. The van der Waals surface area contributed by atoms with Crippen molar-refractivity contribution in [1.82, 2.24) is 10.6 Å². The number of nitrogens with one attached hydrogen (secondary N) is 3. The zero-order valence-corrected chi connectivity index (χ0v) is 15.3. The van der Waals surface area contributed by atoms with Crippen LogP contribution in [-0.4, -0.2) is 30.4 Å². The van der Waals surface area contributed by atoms with E-state index in [0.29, 0.717) is 16.3 Å². The summed E-state index contributed by atoms with van der Waals surface area (Å²) in [6.07, 6.45) is 3.32. The second kappa shape index (κ2) is 7.99. The van der Waals surface area contributed by atoms with Crippen molar-refractivity contribution in [3.05, 3.63) is 28.8 Å². The molecule has 5 nitrogen and oxygen atoms in total. The Morgan fingerprint density at radius 2 is 2.00 bits per heavy atom. The first-order valence-corrected chi connectivity index (χ1v) is 8.81. The predicted octanol–water partition coefficient (Wildman–Crippen LogP) is 3.20. The van der Waals surface area contributed by atoms with Crippen LogP contribution in [0.1, 0.15) is 50.4 Å². The molecular weight excluding hydrogens is 326 g/mol. The Labute approximate surface area is 148 Å². The van der Waals surface area contributed by atoms with Crippen LogP contribution in [-0.2, 0) is 4.79 Å². The molecule has 0 radical (unpaired) electrons. The number of carbonyl (C=O) groups excluding carboxylic acids is 2. The second-order valence-corrected chi connectivity index (χ2v) is 7.42. The van der Waals surface area contributed by atoms with Crippen molar-refractivity contribution in [3.8, 4) is 0 Å². The Morgan fingerprint density at radius 1 is 1.29 bits per heavy atom. The number of hydrogen-bond acceptors (Lipinski definition) is 3. The van der Waals surface area contributed by atoms with Gasteiger partial charge in [-0.05, 0) is 63.8 Å². The maximum atomic E-state index is 12.3. The highest BCUT2D eigenvalue weighted by Crippen LogP contribution is 2.27. The second-order valence-electron chi connectivity index (χ2n) is 7.01. The molecular formula is C18H26ClN3O2. The molecule has 1 fully saturated rings. The topological polar surface area (TPSA) is 70.2 Å². The van der Waals surface area contributed by atoms with Crippen LogP contribution in [0.15, 0.2) is 18.2 Å². The molecule has 0 aliphatic heterocycles. The molecule has 1 aromatic rings. The van der Waals surface area contributed by atoms with Crippen molar-refractivity contribution in [2.75, 3.05) is 18.4 Å². The summed E-state index contributed by atoms with van der Waals surface area (Å²) in [5.41, 5.74) is 0.702. The number of anilines is 1. The lowest BCUT2D eigenvalue weighted by Crippen LogP contribution is -2.42. The van der Waals surface area contributed by atoms with Gasteiger partial charge in [0.1, 0.15) is 0 Å². The van der Waals surface area contributed by atoms with Gasteiger partial charge in [-0.15, -0.1) is 0 Å². The van der Waals surface area contributed by atoms with Crippen molar-refractivity contribution in [1.29, 1.82) is 0 Å². The van der Waals surface area contributed by atoms with E-state index < -0.39 is 0 Å². The molecule has 0 aromatic heterocycles. The average molecular weight is 352 g/mol. The fourth-order valence-electron chi connectivity index (χ4n) is 2.16. The number of benzene rings is 1. The molecule has 0 atom stereocenters. The standard InChI is InChI=1S/C18H26ClN3O2/c1-4-18(2,3)22-17(24)14-8-7-13(9-15(14)19)21-16(23)11-20-10-12-5-6-12/h7-9,12,20H,4-6,10-11H2,1-3H3,(H,21,23)(H,22,24). The Kier molecular flexibility index (Phi) is 6.24. The van der Waals surface area contributed by atoms with Gasteiger partial charge in [0.05, 0.1) is 17.1 Å². The third kappa shape index (κ3) is 5.80. The molecule has 0 bridgehead atoms. The van der Waals surface area contributed by atoms with E-state index in [2.05, 4.69) is 16.0 Å². The molecule has 0 heterocycles. The van der Waals surface area contributed by atoms with E-state index >= 15 is 0 Å². The molecule has 1 aromatic carbocycles. The van der Waals surface area contributed by atoms with E-state index in [0.717, 1.165) is 18.9 Å². The van der Waals surface area contributed by atoms with Crippen LogP contribution in [0.4, 0.5) is 5.69 Å². The molecule has 1 aliphatic carbocycles. The van der Waals surface area contributed by atoms with Crippen molar-refractivity contribution >= 4 is 29.1 Å². The zero-order chi connectivity index (χ0) is 17.7. The van der Waals surface area contributed by atoms with Gasteiger partial charge in [0.25, 0.3) is 5.91 Å². The molecule has 0 unspecified atom stereocenters. The molecule has 1 aliphatic rings. The minimum atomic E-state index is -0.291. The third-order valence-corrected chi connectivity index (χ3v) is 4.56. The van der Waals surface area contributed by atoms with E-state index in [1.54, 1.807) is 18.2 Å². The zero-order valence-electron chi connectivity index (χ0n) is 14.5. The first-order valence-electron chi connectivity index (χ1n) is 8.43. The highest BCUT2D eigenvalue weighted by Gasteiger charge is 2.21. The van der Waals surface area contributed by atoms with Gasteiger partial charge in [-0.25, -0.2) is 0 Å². The van der Waals surface area contributed by atoms with Crippen molar-refractivity contribution in [2.24, 2.45) is 5.92 Å². The summed E-state index contributed by atoms with van der Waals surface area (Å²) in [6, 6.07) is 4.93. The van der Waals surface area contributed by atoms with Crippen molar-refractivity contribution in [2.45, 2.75) is 45.6 Å². The molecule has 0 saturated heterocycles. The van der Waals surface area contributed by atoms with Gasteiger partial charge in [0.2, 0.25) is 5.91 Å². The lowest BCUT2D eigenvalue weighted by Gasteiger charge is -2.24. The molecule has 0 spiro atoms. The average Bonchev–Trinajstić information content (AvgIpc) is 3.31. The first kappa shape index (κ1) is 18.7. The van der Waals surface area contributed by atoms with E-state index in [1.165, 1.54) is 12.8 Å². The van der Waals surface area contributed by atoms with Gasteiger partial charge in [-0.3, -0.25) is 9.59 Å². The van der Waals surface area contributed by atoms with Gasteiger partial charge in [0, 0.05) is 11.2 Å². The summed E-state index contributed by atoms with van der Waals surface area (Å²) in [6.45, 7) is 7.10. The summed E-state index contributed by atoms with van der Waals surface area (Å²) >= 11 is 6.21. The summed E-state index contributed by atoms with van der Waals surface area (Å²) in [5.74, 6) is 0.407. The highest BCUT2D eigenvalue weighted by molar-refractivity contribution is 6.34. The Morgan fingerprint density at radius 3 is 2.58 bits per heavy atom. The normalized spacial score (nSPS) is 14.3. The van der Waals surface area contributed by atoms with Gasteiger partial charge in [0.15, 0.2) is 0 Å². The molecule has 6 heteroatoms. The van der Waals surface area contributed by atoms with Crippen LogP contribution in [0.5, 0.6) is 0 Å².